The minimum atomic E-state index is -3.67. The summed E-state index contributed by atoms with van der Waals surface area (Å²) in [6.07, 6.45) is 1.27. The summed E-state index contributed by atoms with van der Waals surface area (Å²) in [5.74, 6) is 5.31. The average molecular weight is 305 g/mol. The van der Waals surface area contributed by atoms with Crippen LogP contribution in [0.1, 0.15) is 16.8 Å². The first kappa shape index (κ1) is 15.1. The molecule has 1 heterocycles. The second-order valence-corrected chi connectivity index (χ2v) is 6.11. The Balaban J connectivity index is 2.30. The number of hydrogen-bond donors (Lipinski definition) is 3. The van der Waals surface area contributed by atoms with Crippen LogP contribution in [-0.2, 0) is 10.0 Å². The van der Waals surface area contributed by atoms with Crippen molar-refractivity contribution in [2.24, 2.45) is 0 Å². The second-order valence-electron chi connectivity index (χ2n) is 4.45. The molecule has 2 rings (SSSR count). The first-order chi connectivity index (χ1) is 9.94. The third-order valence-electron chi connectivity index (χ3n) is 2.86. The number of H-pyrrole nitrogens is 1. The molecule has 0 aliphatic heterocycles. The maximum Gasteiger partial charge on any atom is 0.265 e. The SMILES string of the molecule is Cc1cc(C#CCO)ccc1NS(=O)(=O)c1cn[nH]c1C. The number of hydrogen-bond acceptors (Lipinski definition) is 4. The first-order valence-electron chi connectivity index (χ1n) is 6.17. The van der Waals surface area contributed by atoms with E-state index in [2.05, 4.69) is 26.8 Å². The molecule has 0 amide bonds. The summed E-state index contributed by atoms with van der Waals surface area (Å²) in [4.78, 5) is 0.117. The van der Waals surface area contributed by atoms with E-state index in [1.807, 2.05) is 0 Å². The molecule has 2 aromatic rings. The van der Waals surface area contributed by atoms with Crippen molar-refractivity contribution in [3.05, 3.63) is 41.2 Å². The molecule has 3 N–H and O–H groups in total. The second kappa shape index (κ2) is 5.99. The molecule has 0 saturated heterocycles. The van der Waals surface area contributed by atoms with Gasteiger partial charge in [0, 0.05) is 5.56 Å². The molecule has 21 heavy (non-hydrogen) atoms. The van der Waals surface area contributed by atoms with Crippen molar-refractivity contribution in [1.29, 1.82) is 0 Å². The lowest BCUT2D eigenvalue weighted by molar-refractivity contribution is 0.350. The van der Waals surface area contributed by atoms with Gasteiger partial charge in [0.2, 0.25) is 0 Å². The van der Waals surface area contributed by atoms with Crippen LogP contribution in [0.2, 0.25) is 0 Å². The zero-order chi connectivity index (χ0) is 15.5. The molecule has 6 nitrogen and oxygen atoms in total. The number of aryl methyl sites for hydroxylation is 2. The number of aromatic amines is 1. The topological polar surface area (TPSA) is 95.1 Å². The van der Waals surface area contributed by atoms with E-state index in [0.717, 1.165) is 5.56 Å². The summed E-state index contributed by atoms with van der Waals surface area (Å²) in [5, 5.41) is 15.0. The number of benzene rings is 1. The van der Waals surface area contributed by atoms with Gasteiger partial charge in [-0.15, -0.1) is 0 Å². The van der Waals surface area contributed by atoms with Gasteiger partial charge in [-0.1, -0.05) is 11.8 Å². The zero-order valence-corrected chi connectivity index (χ0v) is 12.5. The molecule has 0 fully saturated rings. The van der Waals surface area contributed by atoms with Crippen LogP contribution in [0.3, 0.4) is 0 Å². The molecule has 0 atom stereocenters. The molecule has 0 spiro atoms. The largest absolute Gasteiger partial charge is 0.384 e. The summed E-state index contributed by atoms with van der Waals surface area (Å²) in [6, 6.07) is 5.09. The van der Waals surface area contributed by atoms with Gasteiger partial charge in [0.25, 0.3) is 10.0 Å². The Morgan fingerprint density at radius 3 is 2.71 bits per heavy atom. The van der Waals surface area contributed by atoms with E-state index in [1.54, 1.807) is 32.0 Å². The predicted molar refractivity (Wildman–Crippen MR) is 79.3 cm³/mol. The summed E-state index contributed by atoms with van der Waals surface area (Å²) >= 11 is 0. The standard InChI is InChI=1S/C14H15N3O3S/c1-10-8-12(4-3-7-18)5-6-13(10)17-21(19,20)14-9-15-16-11(14)2/h5-6,8-9,17-18H,7H2,1-2H3,(H,15,16). The van der Waals surface area contributed by atoms with Crippen LogP contribution in [0.15, 0.2) is 29.3 Å². The monoisotopic (exact) mass is 305 g/mol. The summed E-state index contributed by atoms with van der Waals surface area (Å²) in [6.45, 7) is 3.21. The molecule has 0 saturated carbocycles. The Kier molecular flexibility index (Phi) is 4.31. The van der Waals surface area contributed by atoms with Gasteiger partial charge in [-0.3, -0.25) is 9.82 Å². The van der Waals surface area contributed by atoms with Crippen molar-refractivity contribution in [3.63, 3.8) is 0 Å². The lowest BCUT2D eigenvalue weighted by Gasteiger charge is -2.10. The van der Waals surface area contributed by atoms with Gasteiger partial charge in [-0.25, -0.2) is 8.42 Å². The van der Waals surface area contributed by atoms with Crippen LogP contribution in [0, 0.1) is 25.7 Å². The Morgan fingerprint density at radius 1 is 1.38 bits per heavy atom. The highest BCUT2D eigenvalue weighted by Crippen LogP contribution is 2.21. The third kappa shape index (κ3) is 3.42. The minimum absolute atomic E-state index is 0.117. The van der Waals surface area contributed by atoms with Crippen LogP contribution in [-0.4, -0.2) is 30.3 Å². The molecular formula is C14H15N3O3S. The van der Waals surface area contributed by atoms with Crippen LogP contribution in [0.25, 0.3) is 0 Å². The van der Waals surface area contributed by atoms with Crippen LogP contribution in [0.5, 0.6) is 0 Å². The Labute approximate surface area is 123 Å². The fourth-order valence-corrected chi connectivity index (χ4v) is 3.08. The maximum atomic E-state index is 12.3. The maximum absolute atomic E-state index is 12.3. The number of anilines is 1. The molecule has 0 bridgehead atoms. The van der Waals surface area contributed by atoms with E-state index in [0.29, 0.717) is 16.9 Å². The number of sulfonamides is 1. The van der Waals surface area contributed by atoms with Gasteiger partial charge in [0.1, 0.15) is 11.5 Å². The molecule has 0 aliphatic rings. The van der Waals surface area contributed by atoms with Crippen molar-refractivity contribution < 1.29 is 13.5 Å². The van der Waals surface area contributed by atoms with Crippen molar-refractivity contribution in [2.75, 3.05) is 11.3 Å². The fraction of sp³-hybridized carbons (Fsp3) is 0.214. The summed E-state index contributed by atoms with van der Waals surface area (Å²) < 4.78 is 27.0. The van der Waals surface area contributed by atoms with E-state index in [-0.39, 0.29) is 11.5 Å². The molecule has 110 valence electrons. The quantitative estimate of drug-likeness (QED) is 0.742. The van der Waals surface area contributed by atoms with Crippen LogP contribution in [0.4, 0.5) is 5.69 Å². The summed E-state index contributed by atoms with van der Waals surface area (Å²) in [7, 11) is -3.67. The number of rotatable bonds is 3. The van der Waals surface area contributed by atoms with Gasteiger partial charge < -0.3 is 5.11 Å². The van der Waals surface area contributed by atoms with Gasteiger partial charge in [-0.05, 0) is 37.6 Å². The summed E-state index contributed by atoms with van der Waals surface area (Å²) in [5.41, 5.74) is 2.41. The van der Waals surface area contributed by atoms with Crippen molar-refractivity contribution in [1.82, 2.24) is 10.2 Å². The van der Waals surface area contributed by atoms with E-state index < -0.39 is 10.0 Å². The number of aliphatic hydroxyl groups excluding tert-OH is 1. The lowest BCUT2D eigenvalue weighted by atomic mass is 10.1. The van der Waals surface area contributed by atoms with E-state index in [4.69, 9.17) is 5.11 Å². The van der Waals surface area contributed by atoms with Crippen LogP contribution >= 0.6 is 0 Å². The zero-order valence-electron chi connectivity index (χ0n) is 11.6. The van der Waals surface area contributed by atoms with Crippen LogP contribution < -0.4 is 4.72 Å². The molecule has 7 heteroatoms. The fourth-order valence-electron chi connectivity index (χ4n) is 1.81. The van der Waals surface area contributed by atoms with E-state index >= 15 is 0 Å². The van der Waals surface area contributed by atoms with Gasteiger partial charge >= 0.3 is 0 Å². The highest BCUT2D eigenvalue weighted by molar-refractivity contribution is 7.92. The predicted octanol–water partition coefficient (Wildman–Crippen LogP) is 1.17. The Bertz CT molecular complexity index is 813. The Hall–Kier alpha value is -2.30. The van der Waals surface area contributed by atoms with Gasteiger partial charge in [-0.2, -0.15) is 5.10 Å². The lowest BCUT2D eigenvalue weighted by Crippen LogP contribution is -2.14. The van der Waals surface area contributed by atoms with E-state index in [9.17, 15) is 8.42 Å². The van der Waals surface area contributed by atoms with Gasteiger partial charge in [0.15, 0.2) is 0 Å². The van der Waals surface area contributed by atoms with Crippen molar-refractivity contribution in [3.8, 4) is 11.8 Å². The molecule has 0 radical (unpaired) electrons. The highest BCUT2D eigenvalue weighted by atomic mass is 32.2. The number of aromatic nitrogens is 2. The van der Waals surface area contributed by atoms with Crippen molar-refractivity contribution >= 4 is 15.7 Å². The molecule has 0 aliphatic carbocycles. The molecule has 1 aromatic carbocycles. The number of nitrogens with one attached hydrogen (secondary N) is 2. The molecular weight excluding hydrogens is 290 g/mol. The van der Waals surface area contributed by atoms with E-state index in [1.165, 1.54) is 6.20 Å². The van der Waals surface area contributed by atoms with Crippen molar-refractivity contribution in [2.45, 2.75) is 18.7 Å². The normalized spacial score (nSPS) is 10.8. The average Bonchev–Trinajstić information content (AvgIpc) is 2.86. The third-order valence-corrected chi connectivity index (χ3v) is 4.33. The minimum Gasteiger partial charge on any atom is -0.384 e. The number of aliphatic hydroxyl groups is 1. The molecule has 0 unspecified atom stereocenters. The Morgan fingerprint density at radius 2 is 2.14 bits per heavy atom. The number of nitrogens with zero attached hydrogens (tertiary/aromatic N) is 1. The first-order valence-corrected chi connectivity index (χ1v) is 7.65. The highest BCUT2D eigenvalue weighted by Gasteiger charge is 2.19. The smallest absolute Gasteiger partial charge is 0.265 e. The molecule has 1 aromatic heterocycles. The van der Waals surface area contributed by atoms with Gasteiger partial charge in [0.05, 0.1) is 17.6 Å².